The standard InChI is InChI=1S/C13H17N5O/c1-19-13(14)18-8-6-17(7-9-18)12-10-4-2-3-5-11(10)15-16-12/h2-5,14H,6-9H2,1H3,(H,15,16). The molecule has 1 aromatic carbocycles. The van der Waals surface area contributed by atoms with E-state index in [1.165, 1.54) is 7.11 Å². The first-order valence-corrected chi connectivity index (χ1v) is 6.35. The van der Waals surface area contributed by atoms with Crippen LogP contribution >= 0.6 is 0 Å². The fraction of sp³-hybridized carbons (Fsp3) is 0.385. The summed E-state index contributed by atoms with van der Waals surface area (Å²) in [7, 11) is 1.54. The number of hydrogen-bond donors (Lipinski definition) is 2. The van der Waals surface area contributed by atoms with Crippen molar-refractivity contribution in [1.29, 1.82) is 5.41 Å². The average Bonchev–Trinajstić information content (AvgIpc) is 2.90. The Morgan fingerprint density at radius 1 is 1.26 bits per heavy atom. The number of nitrogens with zero attached hydrogens (tertiary/aromatic N) is 3. The maximum Gasteiger partial charge on any atom is 0.284 e. The molecule has 0 radical (unpaired) electrons. The van der Waals surface area contributed by atoms with E-state index >= 15 is 0 Å². The number of amidine groups is 1. The van der Waals surface area contributed by atoms with Crippen molar-refractivity contribution < 1.29 is 4.74 Å². The number of anilines is 1. The van der Waals surface area contributed by atoms with Gasteiger partial charge in [0.1, 0.15) is 0 Å². The quantitative estimate of drug-likeness (QED) is 0.597. The van der Waals surface area contributed by atoms with Gasteiger partial charge in [-0.3, -0.25) is 10.5 Å². The van der Waals surface area contributed by atoms with Crippen LogP contribution in [0.1, 0.15) is 0 Å². The summed E-state index contributed by atoms with van der Waals surface area (Å²) in [6, 6.07) is 8.38. The first-order valence-electron chi connectivity index (χ1n) is 6.35. The highest BCUT2D eigenvalue weighted by Gasteiger charge is 2.22. The molecule has 0 spiro atoms. The molecule has 0 bridgehead atoms. The van der Waals surface area contributed by atoms with Crippen molar-refractivity contribution in [2.24, 2.45) is 0 Å². The fourth-order valence-corrected chi connectivity index (χ4v) is 2.44. The van der Waals surface area contributed by atoms with Crippen molar-refractivity contribution in [2.45, 2.75) is 0 Å². The molecule has 2 aromatic rings. The molecule has 1 aromatic heterocycles. The number of rotatable bonds is 1. The number of fused-ring (bicyclic) bond motifs is 1. The summed E-state index contributed by atoms with van der Waals surface area (Å²) in [4.78, 5) is 4.18. The Labute approximate surface area is 111 Å². The van der Waals surface area contributed by atoms with Crippen LogP contribution in [0.5, 0.6) is 0 Å². The number of aromatic amines is 1. The smallest absolute Gasteiger partial charge is 0.284 e. The highest BCUT2D eigenvalue weighted by molar-refractivity contribution is 5.90. The lowest BCUT2D eigenvalue weighted by Gasteiger charge is -2.35. The molecule has 1 saturated heterocycles. The zero-order valence-electron chi connectivity index (χ0n) is 10.9. The van der Waals surface area contributed by atoms with Gasteiger partial charge in [0.05, 0.1) is 12.6 Å². The molecule has 19 heavy (non-hydrogen) atoms. The third kappa shape index (κ3) is 2.09. The van der Waals surface area contributed by atoms with Crippen molar-refractivity contribution in [3.05, 3.63) is 24.3 Å². The second kappa shape index (κ2) is 4.79. The third-order valence-electron chi connectivity index (χ3n) is 3.51. The monoisotopic (exact) mass is 259 g/mol. The van der Waals surface area contributed by atoms with Crippen LogP contribution in [0.25, 0.3) is 10.9 Å². The number of nitrogens with one attached hydrogen (secondary N) is 2. The molecule has 2 heterocycles. The van der Waals surface area contributed by atoms with E-state index in [1.807, 2.05) is 23.1 Å². The summed E-state index contributed by atoms with van der Waals surface area (Å²) in [6.45, 7) is 3.27. The summed E-state index contributed by atoms with van der Waals surface area (Å²) in [5, 5.41) is 16.3. The van der Waals surface area contributed by atoms with Gasteiger partial charge in [-0.05, 0) is 12.1 Å². The number of piperazine rings is 1. The minimum Gasteiger partial charge on any atom is -0.469 e. The lowest BCUT2D eigenvalue weighted by molar-refractivity contribution is 0.267. The SMILES string of the molecule is COC(=N)N1CCN(c2n[nH]c3ccccc23)CC1. The highest BCUT2D eigenvalue weighted by Crippen LogP contribution is 2.24. The molecule has 6 heteroatoms. The average molecular weight is 259 g/mol. The lowest BCUT2D eigenvalue weighted by Crippen LogP contribution is -2.49. The Balaban J connectivity index is 1.77. The lowest BCUT2D eigenvalue weighted by atomic mass is 10.2. The van der Waals surface area contributed by atoms with Gasteiger partial charge in [-0.15, -0.1) is 0 Å². The predicted molar refractivity (Wildman–Crippen MR) is 74.6 cm³/mol. The summed E-state index contributed by atoms with van der Waals surface area (Å²) in [5.41, 5.74) is 1.06. The maximum absolute atomic E-state index is 7.67. The summed E-state index contributed by atoms with van der Waals surface area (Å²) < 4.78 is 4.95. The topological polar surface area (TPSA) is 68.2 Å². The second-order valence-corrected chi connectivity index (χ2v) is 4.58. The number of benzene rings is 1. The molecule has 0 amide bonds. The zero-order chi connectivity index (χ0) is 13.2. The molecule has 0 unspecified atom stereocenters. The van der Waals surface area contributed by atoms with E-state index in [1.54, 1.807) is 0 Å². The number of ether oxygens (including phenoxy) is 1. The van der Waals surface area contributed by atoms with E-state index in [-0.39, 0.29) is 6.02 Å². The molecular weight excluding hydrogens is 242 g/mol. The van der Waals surface area contributed by atoms with E-state index < -0.39 is 0 Å². The Morgan fingerprint density at radius 3 is 2.74 bits per heavy atom. The van der Waals surface area contributed by atoms with Crippen LogP contribution in [0.15, 0.2) is 24.3 Å². The summed E-state index contributed by atoms with van der Waals surface area (Å²) >= 11 is 0. The molecule has 0 aliphatic carbocycles. The second-order valence-electron chi connectivity index (χ2n) is 4.58. The van der Waals surface area contributed by atoms with Gasteiger partial charge in [0.15, 0.2) is 5.82 Å². The highest BCUT2D eigenvalue weighted by atomic mass is 16.5. The van der Waals surface area contributed by atoms with Gasteiger partial charge in [0.2, 0.25) is 0 Å². The predicted octanol–water partition coefficient (Wildman–Crippen LogP) is 1.27. The maximum atomic E-state index is 7.67. The van der Waals surface area contributed by atoms with Crippen LogP contribution in [0.2, 0.25) is 0 Å². The molecule has 2 N–H and O–H groups in total. The van der Waals surface area contributed by atoms with Gasteiger partial charge in [0, 0.05) is 31.6 Å². The van der Waals surface area contributed by atoms with Gasteiger partial charge in [-0.25, -0.2) is 0 Å². The molecule has 1 fully saturated rings. The molecule has 3 rings (SSSR count). The van der Waals surface area contributed by atoms with E-state index in [2.05, 4.69) is 21.2 Å². The van der Waals surface area contributed by atoms with E-state index in [0.29, 0.717) is 0 Å². The minimum absolute atomic E-state index is 0.242. The van der Waals surface area contributed by atoms with Crippen LogP contribution in [-0.4, -0.2) is 54.4 Å². The largest absolute Gasteiger partial charge is 0.469 e. The number of para-hydroxylation sites is 1. The fourth-order valence-electron chi connectivity index (χ4n) is 2.44. The van der Waals surface area contributed by atoms with Gasteiger partial charge >= 0.3 is 0 Å². The third-order valence-corrected chi connectivity index (χ3v) is 3.51. The van der Waals surface area contributed by atoms with Gasteiger partial charge < -0.3 is 14.5 Å². The normalized spacial score (nSPS) is 15.8. The molecular formula is C13H17N5O. The number of methoxy groups -OCH3 is 1. The number of H-pyrrole nitrogens is 1. The first-order chi connectivity index (χ1) is 9.29. The van der Waals surface area contributed by atoms with Crippen LogP contribution in [0.3, 0.4) is 0 Å². The number of aromatic nitrogens is 2. The first kappa shape index (κ1) is 11.8. The molecule has 0 saturated carbocycles. The molecule has 6 nitrogen and oxygen atoms in total. The van der Waals surface area contributed by atoms with Crippen molar-refractivity contribution in [1.82, 2.24) is 15.1 Å². The Morgan fingerprint density at radius 2 is 2.00 bits per heavy atom. The van der Waals surface area contributed by atoms with E-state index in [9.17, 15) is 0 Å². The number of hydrogen-bond acceptors (Lipinski definition) is 4. The van der Waals surface area contributed by atoms with Crippen molar-refractivity contribution in [2.75, 3.05) is 38.2 Å². The summed E-state index contributed by atoms with van der Waals surface area (Å²) in [5.74, 6) is 0.999. The van der Waals surface area contributed by atoms with Crippen LogP contribution in [0.4, 0.5) is 5.82 Å². The minimum atomic E-state index is 0.242. The molecule has 1 aliphatic heterocycles. The summed E-state index contributed by atoms with van der Waals surface area (Å²) in [6.07, 6.45) is 0. The van der Waals surface area contributed by atoms with Gasteiger partial charge in [0.25, 0.3) is 6.02 Å². The molecule has 1 aliphatic rings. The molecule has 0 atom stereocenters. The molecule has 100 valence electrons. The Bertz CT molecular complexity index is 585. The Hall–Kier alpha value is -2.24. The van der Waals surface area contributed by atoms with Crippen molar-refractivity contribution >= 4 is 22.7 Å². The van der Waals surface area contributed by atoms with E-state index in [0.717, 1.165) is 42.9 Å². The Kier molecular flexibility index (Phi) is 2.98. The van der Waals surface area contributed by atoms with Crippen LogP contribution in [-0.2, 0) is 4.74 Å². The van der Waals surface area contributed by atoms with Gasteiger partial charge in [-0.1, -0.05) is 12.1 Å². The van der Waals surface area contributed by atoms with Crippen LogP contribution < -0.4 is 4.90 Å². The van der Waals surface area contributed by atoms with Crippen LogP contribution in [0, 0.1) is 5.41 Å². The van der Waals surface area contributed by atoms with E-state index in [4.69, 9.17) is 10.1 Å². The van der Waals surface area contributed by atoms with Crippen molar-refractivity contribution in [3.63, 3.8) is 0 Å². The van der Waals surface area contributed by atoms with Crippen molar-refractivity contribution in [3.8, 4) is 0 Å². The zero-order valence-corrected chi connectivity index (χ0v) is 10.9. The van der Waals surface area contributed by atoms with Gasteiger partial charge in [-0.2, -0.15) is 5.10 Å².